The summed E-state index contributed by atoms with van der Waals surface area (Å²) >= 11 is 0. The highest BCUT2D eigenvalue weighted by Gasteiger charge is 2.22. The molecule has 0 bridgehead atoms. The van der Waals surface area contributed by atoms with Gasteiger partial charge in [0, 0.05) is 0 Å². The third-order valence-electron chi connectivity index (χ3n) is 4.85. The van der Waals surface area contributed by atoms with Crippen LogP contribution >= 0.6 is 0 Å². The monoisotopic (exact) mass is 274 g/mol. The predicted octanol–water partition coefficient (Wildman–Crippen LogP) is 4.37. The quantitative estimate of drug-likeness (QED) is 0.754. The summed E-state index contributed by atoms with van der Waals surface area (Å²) in [4.78, 5) is 11.6. The number of allylic oxidation sites excluding steroid dienone is 1. The predicted molar refractivity (Wildman–Crippen MR) is 86.3 cm³/mol. The molecule has 21 heavy (non-hydrogen) atoms. The van der Waals surface area contributed by atoms with Crippen molar-refractivity contribution in [3.05, 3.63) is 64.2 Å². The second-order valence-electron chi connectivity index (χ2n) is 6.04. The van der Waals surface area contributed by atoms with Crippen LogP contribution in [0.3, 0.4) is 0 Å². The summed E-state index contributed by atoms with van der Waals surface area (Å²) in [7, 11) is 0. The molecule has 0 aromatic heterocycles. The molecule has 0 aliphatic heterocycles. The van der Waals surface area contributed by atoms with Gasteiger partial charge in [-0.15, -0.1) is 0 Å². The molecule has 0 radical (unpaired) electrons. The molecule has 0 fully saturated rings. The average Bonchev–Trinajstić information content (AvgIpc) is 2.53. The molecule has 2 aliphatic rings. The van der Waals surface area contributed by atoms with Gasteiger partial charge < -0.3 is 0 Å². The number of carbonyl (C=O) groups is 1. The van der Waals surface area contributed by atoms with Crippen LogP contribution < -0.4 is 0 Å². The van der Waals surface area contributed by atoms with Crippen LogP contribution in [0, 0.1) is 0 Å². The Morgan fingerprint density at radius 3 is 2.52 bits per heavy atom. The summed E-state index contributed by atoms with van der Waals surface area (Å²) in [6.45, 7) is 1.67. The lowest BCUT2D eigenvalue weighted by molar-refractivity contribution is -0.113. The molecule has 0 heterocycles. The minimum atomic E-state index is 0.212. The van der Waals surface area contributed by atoms with Crippen LogP contribution in [0.15, 0.2) is 42.0 Å². The van der Waals surface area contributed by atoms with Crippen LogP contribution in [0.25, 0.3) is 17.2 Å². The molecular weight excluding hydrogens is 256 g/mol. The highest BCUT2D eigenvalue weighted by Crippen LogP contribution is 2.39. The van der Waals surface area contributed by atoms with E-state index in [9.17, 15) is 4.79 Å². The van der Waals surface area contributed by atoms with E-state index in [1.54, 1.807) is 6.92 Å². The third-order valence-corrected chi connectivity index (χ3v) is 4.85. The van der Waals surface area contributed by atoms with Gasteiger partial charge in [-0.05, 0) is 77.6 Å². The van der Waals surface area contributed by atoms with Gasteiger partial charge in [0.15, 0.2) is 5.78 Å². The van der Waals surface area contributed by atoms with Crippen LogP contribution in [0.1, 0.15) is 35.6 Å². The van der Waals surface area contributed by atoms with Crippen molar-refractivity contribution in [1.82, 2.24) is 0 Å². The number of carbonyl (C=O) groups excluding carboxylic acids is 1. The molecule has 0 spiro atoms. The van der Waals surface area contributed by atoms with E-state index in [1.807, 2.05) is 0 Å². The van der Waals surface area contributed by atoms with Gasteiger partial charge in [-0.2, -0.15) is 0 Å². The molecule has 1 nitrogen and oxygen atoms in total. The molecule has 2 aliphatic carbocycles. The van der Waals surface area contributed by atoms with E-state index >= 15 is 0 Å². The number of Topliss-reactive ketones (excluding diaryl/α,β-unsaturated/α-hetero) is 1. The number of hydrogen-bond donors (Lipinski definition) is 0. The Labute approximate surface area is 125 Å². The maximum absolute atomic E-state index is 11.6. The Kier molecular flexibility index (Phi) is 2.81. The number of fused-ring (bicyclic) bond motifs is 5. The smallest absolute Gasteiger partial charge is 0.155 e. The molecule has 1 heteroatoms. The van der Waals surface area contributed by atoms with Crippen molar-refractivity contribution in [3.63, 3.8) is 0 Å². The van der Waals surface area contributed by atoms with Crippen LogP contribution in [0.2, 0.25) is 0 Å². The zero-order chi connectivity index (χ0) is 14.4. The molecule has 0 N–H and O–H groups in total. The van der Waals surface area contributed by atoms with E-state index < -0.39 is 0 Å². The first-order valence-corrected chi connectivity index (χ1v) is 7.68. The fourth-order valence-corrected chi connectivity index (χ4v) is 3.74. The molecule has 4 rings (SSSR count). The van der Waals surface area contributed by atoms with E-state index in [4.69, 9.17) is 0 Å². The van der Waals surface area contributed by atoms with Crippen LogP contribution in [0.5, 0.6) is 0 Å². The Morgan fingerprint density at radius 2 is 1.67 bits per heavy atom. The first-order valence-electron chi connectivity index (χ1n) is 7.68. The topological polar surface area (TPSA) is 17.1 Å². The summed E-state index contributed by atoms with van der Waals surface area (Å²) in [5.74, 6) is 0.212. The Hall–Kier alpha value is -2.15. The Bertz CT molecular complexity index is 780. The Balaban J connectivity index is 1.89. The van der Waals surface area contributed by atoms with Gasteiger partial charge in [0.1, 0.15) is 0 Å². The fourth-order valence-electron chi connectivity index (χ4n) is 3.74. The molecule has 0 unspecified atom stereocenters. The van der Waals surface area contributed by atoms with Crippen LogP contribution in [-0.4, -0.2) is 5.78 Å². The number of rotatable bonds is 1. The summed E-state index contributed by atoms with van der Waals surface area (Å²) in [5.41, 5.74) is 9.44. The third kappa shape index (κ3) is 1.96. The molecular formula is C20H18O. The van der Waals surface area contributed by atoms with Crippen molar-refractivity contribution < 1.29 is 4.79 Å². The van der Waals surface area contributed by atoms with Gasteiger partial charge in [-0.1, -0.05) is 36.4 Å². The van der Waals surface area contributed by atoms with Gasteiger partial charge in [-0.25, -0.2) is 0 Å². The van der Waals surface area contributed by atoms with Gasteiger partial charge in [0.2, 0.25) is 0 Å². The molecule has 104 valence electrons. The van der Waals surface area contributed by atoms with Crippen molar-refractivity contribution in [1.29, 1.82) is 0 Å². The molecule has 0 saturated carbocycles. The molecule has 2 aromatic rings. The largest absolute Gasteiger partial charge is 0.295 e. The second kappa shape index (κ2) is 4.70. The van der Waals surface area contributed by atoms with Gasteiger partial charge >= 0.3 is 0 Å². The van der Waals surface area contributed by atoms with Crippen LogP contribution in [-0.2, 0) is 24.1 Å². The van der Waals surface area contributed by atoms with E-state index in [-0.39, 0.29) is 5.78 Å². The maximum Gasteiger partial charge on any atom is 0.155 e. The number of ketones is 1. The lowest BCUT2D eigenvalue weighted by Crippen LogP contribution is -2.12. The van der Waals surface area contributed by atoms with Crippen molar-refractivity contribution in [2.24, 2.45) is 0 Å². The lowest BCUT2D eigenvalue weighted by Gasteiger charge is -2.26. The van der Waals surface area contributed by atoms with Gasteiger partial charge in [0.25, 0.3) is 0 Å². The average molecular weight is 274 g/mol. The Morgan fingerprint density at radius 1 is 0.857 bits per heavy atom. The van der Waals surface area contributed by atoms with Crippen molar-refractivity contribution in [3.8, 4) is 11.1 Å². The van der Waals surface area contributed by atoms with Crippen molar-refractivity contribution >= 4 is 11.9 Å². The normalized spacial score (nSPS) is 15.6. The minimum absolute atomic E-state index is 0.212. The van der Waals surface area contributed by atoms with Crippen LogP contribution in [0.4, 0.5) is 0 Å². The molecule has 0 atom stereocenters. The second-order valence-corrected chi connectivity index (χ2v) is 6.04. The van der Waals surface area contributed by atoms with E-state index in [0.717, 1.165) is 31.3 Å². The summed E-state index contributed by atoms with van der Waals surface area (Å²) in [6, 6.07) is 13.2. The summed E-state index contributed by atoms with van der Waals surface area (Å²) in [5, 5.41) is 0. The maximum atomic E-state index is 11.6. The van der Waals surface area contributed by atoms with Crippen molar-refractivity contribution in [2.45, 2.75) is 32.6 Å². The van der Waals surface area contributed by atoms with Gasteiger partial charge in [-0.3, -0.25) is 4.79 Å². The minimum Gasteiger partial charge on any atom is -0.295 e. The number of hydrogen-bond acceptors (Lipinski definition) is 1. The summed E-state index contributed by atoms with van der Waals surface area (Å²) < 4.78 is 0. The summed E-state index contributed by atoms with van der Waals surface area (Å²) in [6.07, 6.45) is 6.25. The zero-order valence-corrected chi connectivity index (χ0v) is 12.3. The highest BCUT2D eigenvalue weighted by atomic mass is 16.1. The molecule has 0 amide bonds. The number of benzene rings is 2. The standard InChI is InChI=1S/C20H18O/c1-13(21)15-7-9-18-16(12-15)8-11-19-17-5-3-2-4-14(17)6-10-20(18)19/h2-5,8,11-12H,6-7,9-10H2,1H3. The zero-order valence-electron chi connectivity index (χ0n) is 12.3. The fraction of sp³-hybridized carbons (Fsp3) is 0.250. The first-order chi connectivity index (χ1) is 10.2. The van der Waals surface area contributed by atoms with E-state index in [2.05, 4.69) is 42.5 Å². The molecule has 2 aromatic carbocycles. The highest BCUT2D eigenvalue weighted by molar-refractivity contribution is 5.98. The van der Waals surface area contributed by atoms with Gasteiger partial charge in [0.05, 0.1) is 0 Å². The SMILES string of the molecule is CC(=O)C1=Cc2ccc3c(c2CC1)CCc1ccccc1-3. The van der Waals surface area contributed by atoms with E-state index in [1.165, 1.54) is 33.4 Å². The lowest BCUT2D eigenvalue weighted by atomic mass is 9.78. The van der Waals surface area contributed by atoms with E-state index in [0.29, 0.717) is 0 Å². The molecule has 0 saturated heterocycles. The van der Waals surface area contributed by atoms with Crippen molar-refractivity contribution in [2.75, 3.05) is 0 Å². The first kappa shape index (κ1) is 12.6. The number of aryl methyl sites for hydroxylation is 1.